The van der Waals surface area contributed by atoms with E-state index in [4.69, 9.17) is 10.5 Å². The van der Waals surface area contributed by atoms with Crippen LogP contribution in [0.1, 0.15) is 25.3 Å². The first kappa shape index (κ1) is 12.9. The maximum absolute atomic E-state index is 10.9. The van der Waals surface area contributed by atoms with E-state index in [0.717, 1.165) is 23.8 Å². The van der Waals surface area contributed by atoms with Crippen molar-refractivity contribution in [1.29, 1.82) is 0 Å². The lowest BCUT2D eigenvalue weighted by Crippen LogP contribution is -2.38. The minimum atomic E-state index is -0.334. The second-order valence-electron chi connectivity index (χ2n) is 4.90. The second kappa shape index (κ2) is 5.87. The van der Waals surface area contributed by atoms with E-state index < -0.39 is 0 Å². The molecule has 4 nitrogen and oxygen atoms in total. The van der Waals surface area contributed by atoms with Crippen molar-refractivity contribution in [3.8, 4) is 5.75 Å². The van der Waals surface area contributed by atoms with Crippen molar-refractivity contribution in [3.05, 3.63) is 29.8 Å². The molecule has 2 rings (SSSR count). The van der Waals surface area contributed by atoms with E-state index in [9.17, 15) is 4.79 Å². The normalized spacial score (nSPS) is 16.3. The molecule has 1 aromatic carbocycles. The molecule has 0 radical (unpaired) electrons. The quantitative estimate of drug-likeness (QED) is 0.767. The standard InChI is InChI=1S/C14H20N2O2/c1-10(14(15)17)16-8-11-4-6-13(7-5-11)18-9-12-2-3-12/h4-7,10,12,16H,2-3,8-9H2,1H3,(H2,15,17)/t10-/m0/s1. The van der Waals surface area contributed by atoms with Crippen LogP contribution in [0.4, 0.5) is 0 Å². The monoisotopic (exact) mass is 248 g/mol. The molecule has 18 heavy (non-hydrogen) atoms. The highest BCUT2D eigenvalue weighted by molar-refractivity contribution is 5.79. The Kier molecular flexibility index (Phi) is 4.20. The molecule has 0 unspecified atom stereocenters. The highest BCUT2D eigenvalue weighted by Crippen LogP contribution is 2.29. The van der Waals surface area contributed by atoms with Gasteiger partial charge in [-0.3, -0.25) is 4.79 Å². The van der Waals surface area contributed by atoms with E-state index in [-0.39, 0.29) is 11.9 Å². The number of rotatable bonds is 7. The molecule has 0 aromatic heterocycles. The highest BCUT2D eigenvalue weighted by Gasteiger charge is 2.21. The van der Waals surface area contributed by atoms with Gasteiger partial charge in [0.2, 0.25) is 5.91 Å². The van der Waals surface area contributed by atoms with Crippen molar-refractivity contribution >= 4 is 5.91 Å². The Balaban J connectivity index is 1.77. The Hall–Kier alpha value is -1.55. The molecule has 1 aliphatic carbocycles. The van der Waals surface area contributed by atoms with E-state index >= 15 is 0 Å². The molecule has 3 N–H and O–H groups in total. The predicted octanol–water partition coefficient (Wildman–Crippen LogP) is 1.44. The summed E-state index contributed by atoms with van der Waals surface area (Å²) in [5.41, 5.74) is 6.29. The number of primary amides is 1. The molecule has 0 saturated heterocycles. The lowest BCUT2D eigenvalue weighted by molar-refractivity contribution is -0.119. The van der Waals surface area contributed by atoms with Gasteiger partial charge in [0, 0.05) is 6.54 Å². The topological polar surface area (TPSA) is 64.3 Å². The van der Waals surface area contributed by atoms with Crippen molar-refractivity contribution in [2.45, 2.75) is 32.4 Å². The molecule has 1 saturated carbocycles. The molecule has 0 spiro atoms. The van der Waals surface area contributed by atoms with E-state index in [0.29, 0.717) is 6.54 Å². The summed E-state index contributed by atoms with van der Waals surface area (Å²) in [4.78, 5) is 10.9. The molecular formula is C14H20N2O2. The van der Waals surface area contributed by atoms with Gasteiger partial charge in [-0.1, -0.05) is 12.1 Å². The molecule has 0 bridgehead atoms. The molecule has 1 aromatic rings. The van der Waals surface area contributed by atoms with Crippen molar-refractivity contribution in [1.82, 2.24) is 5.32 Å². The van der Waals surface area contributed by atoms with Gasteiger partial charge in [-0.15, -0.1) is 0 Å². The first-order valence-electron chi connectivity index (χ1n) is 6.39. The lowest BCUT2D eigenvalue weighted by atomic mass is 10.2. The zero-order chi connectivity index (χ0) is 13.0. The van der Waals surface area contributed by atoms with Gasteiger partial charge in [-0.25, -0.2) is 0 Å². The van der Waals surface area contributed by atoms with Crippen LogP contribution in [0, 0.1) is 5.92 Å². The number of carbonyl (C=O) groups excluding carboxylic acids is 1. The molecule has 1 aliphatic rings. The largest absolute Gasteiger partial charge is 0.493 e. The van der Waals surface area contributed by atoms with Crippen LogP contribution in [-0.2, 0) is 11.3 Å². The maximum Gasteiger partial charge on any atom is 0.234 e. The SMILES string of the molecule is C[C@H](NCc1ccc(OCC2CC2)cc1)C(N)=O. The summed E-state index contributed by atoms with van der Waals surface area (Å²) < 4.78 is 5.65. The number of ether oxygens (including phenoxy) is 1. The summed E-state index contributed by atoms with van der Waals surface area (Å²) >= 11 is 0. The molecule has 98 valence electrons. The van der Waals surface area contributed by atoms with Gasteiger partial charge in [0.25, 0.3) is 0 Å². The van der Waals surface area contributed by atoms with Crippen molar-refractivity contribution in [2.75, 3.05) is 6.61 Å². The van der Waals surface area contributed by atoms with E-state index in [1.165, 1.54) is 12.8 Å². The van der Waals surface area contributed by atoms with Gasteiger partial charge in [0.15, 0.2) is 0 Å². The highest BCUT2D eigenvalue weighted by atomic mass is 16.5. The number of amides is 1. The number of nitrogens with one attached hydrogen (secondary N) is 1. The molecule has 0 heterocycles. The van der Waals surface area contributed by atoms with Crippen LogP contribution in [-0.4, -0.2) is 18.6 Å². The Bertz CT molecular complexity index is 399. The molecule has 0 aliphatic heterocycles. The van der Waals surface area contributed by atoms with Crippen LogP contribution in [0.3, 0.4) is 0 Å². The van der Waals surface area contributed by atoms with Gasteiger partial charge in [-0.05, 0) is 43.4 Å². The van der Waals surface area contributed by atoms with Crippen molar-refractivity contribution in [2.24, 2.45) is 11.7 Å². The van der Waals surface area contributed by atoms with Crippen LogP contribution >= 0.6 is 0 Å². The summed E-state index contributed by atoms with van der Waals surface area (Å²) in [5, 5.41) is 3.06. The molecule has 1 amide bonds. The van der Waals surface area contributed by atoms with Crippen LogP contribution in [0.25, 0.3) is 0 Å². The summed E-state index contributed by atoms with van der Waals surface area (Å²) in [7, 11) is 0. The van der Waals surface area contributed by atoms with Gasteiger partial charge < -0.3 is 15.8 Å². The van der Waals surface area contributed by atoms with Gasteiger partial charge in [0.05, 0.1) is 12.6 Å². The summed E-state index contributed by atoms with van der Waals surface area (Å²) in [6.07, 6.45) is 2.60. The summed E-state index contributed by atoms with van der Waals surface area (Å²) in [5.74, 6) is 1.34. The Morgan fingerprint density at radius 3 is 2.67 bits per heavy atom. The third-order valence-electron chi connectivity index (χ3n) is 3.15. The van der Waals surface area contributed by atoms with Gasteiger partial charge in [0.1, 0.15) is 5.75 Å². The maximum atomic E-state index is 10.9. The molecule has 4 heteroatoms. The van der Waals surface area contributed by atoms with Crippen LogP contribution in [0.2, 0.25) is 0 Å². The smallest absolute Gasteiger partial charge is 0.234 e. The average Bonchev–Trinajstić information content (AvgIpc) is 3.18. The zero-order valence-electron chi connectivity index (χ0n) is 10.7. The first-order valence-corrected chi connectivity index (χ1v) is 6.39. The predicted molar refractivity (Wildman–Crippen MR) is 70.2 cm³/mol. The number of hydrogen-bond acceptors (Lipinski definition) is 3. The Labute approximate surface area is 108 Å². The Morgan fingerprint density at radius 1 is 1.44 bits per heavy atom. The average molecular weight is 248 g/mol. The number of carbonyl (C=O) groups is 1. The van der Waals surface area contributed by atoms with Crippen LogP contribution < -0.4 is 15.8 Å². The number of hydrogen-bond donors (Lipinski definition) is 2. The lowest BCUT2D eigenvalue weighted by Gasteiger charge is -2.10. The Morgan fingerprint density at radius 2 is 2.11 bits per heavy atom. The van der Waals surface area contributed by atoms with Crippen LogP contribution in [0.15, 0.2) is 24.3 Å². The fraction of sp³-hybridized carbons (Fsp3) is 0.500. The van der Waals surface area contributed by atoms with Gasteiger partial charge >= 0.3 is 0 Å². The minimum absolute atomic E-state index is 0.309. The zero-order valence-corrected chi connectivity index (χ0v) is 10.7. The van der Waals surface area contributed by atoms with E-state index in [1.54, 1.807) is 6.92 Å². The number of benzene rings is 1. The van der Waals surface area contributed by atoms with E-state index in [1.807, 2.05) is 24.3 Å². The molecular weight excluding hydrogens is 228 g/mol. The van der Waals surface area contributed by atoms with Gasteiger partial charge in [-0.2, -0.15) is 0 Å². The van der Waals surface area contributed by atoms with Crippen molar-refractivity contribution < 1.29 is 9.53 Å². The van der Waals surface area contributed by atoms with E-state index in [2.05, 4.69) is 5.32 Å². The fourth-order valence-electron chi connectivity index (χ4n) is 1.57. The first-order chi connectivity index (χ1) is 8.65. The third-order valence-corrected chi connectivity index (χ3v) is 3.15. The second-order valence-corrected chi connectivity index (χ2v) is 4.90. The third kappa shape index (κ3) is 4.04. The number of nitrogens with two attached hydrogens (primary N) is 1. The minimum Gasteiger partial charge on any atom is -0.493 e. The fourth-order valence-corrected chi connectivity index (χ4v) is 1.57. The molecule has 1 fully saturated rings. The summed E-state index contributed by atoms with van der Waals surface area (Å²) in [6.45, 7) is 3.22. The molecule has 1 atom stereocenters. The van der Waals surface area contributed by atoms with Crippen molar-refractivity contribution in [3.63, 3.8) is 0 Å². The summed E-state index contributed by atoms with van der Waals surface area (Å²) in [6, 6.07) is 7.63. The van der Waals surface area contributed by atoms with Crippen LogP contribution in [0.5, 0.6) is 5.75 Å².